The minimum absolute atomic E-state index is 0.147. The number of pyridine rings is 1. The van der Waals surface area contributed by atoms with Crippen molar-refractivity contribution in [2.45, 2.75) is 43.8 Å². The Hall–Kier alpha value is -0.915. The summed E-state index contributed by atoms with van der Waals surface area (Å²) in [6.07, 6.45) is 4.02. The molecular formula is C12H18BNO4S. The Bertz CT molecular complexity index is 582. The summed E-state index contributed by atoms with van der Waals surface area (Å²) in [7, 11) is -4.06. The zero-order valence-electron chi connectivity index (χ0n) is 11.8. The third kappa shape index (κ3) is 2.54. The molecule has 0 unspecified atom stereocenters. The van der Waals surface area contributed by atoms with Crippen molar-refractivity contribution in [3.05, 3.63) is 18.5 Å². The second-order valence-corrected chi connectivity index (χ2v) is 7.76. The Morgan fingerprint density at radius 2 is 1.68 bits per heavy atom. The van der Waals surface area contributed by atoms with Crippen molar-refractivity contribution in [3.8, 4) is 0 Å². The first kappa shape index (κ1) is 14.5. The van der Waals surface area contributed by atoms with E-state index in [0.717, 1.165) is 6.26 Å². The van der Waals surface area contributed by atoms with Crippen LogP contribution in [0.4, 0.5) is 0 Å². The maximum absolute atomic E-state index is 11.8. The number of rotatable bonds is 2. The fourth-order valence-corrected chi connectivity index (χ4v) is 2.71. The quantitative estimate of drug-likeness (QED) is 0.751. The van der Waals surface area contributed by atoms with Crippen LogP contribution in [-0.4, -0.2) is 38.0 Å². The van der Waals surface area contributed by atoms with Crippen molar-refractivity contribution >= 4 is 22.4 Å². The van der Waals surface area contributed by atoms with Gasteiger partial charge in [0.05, 0.1) is 16.1 Å². The molecule has 1 aromatic heterocycles. The van der Waals surface area contributed by atoms with Crippen LogP contribution in [0.1, 0.15) is 27.7 Å². The molecule has 0 aromatic carbocycles. The fourth-order valence-electron chi connectivity index (χ4n) is 1.87. The molecule has 2 heterocycles. The van der Waals surface area contributed by atoms with Gasteiger partial charge in [0.1, 0.15) is 0 Å². The molecule has 0 spiro atoms. The zero-order valence-corrected chi connectivity index (χ0v) is 12.6. The van der Waals surface area contributed by atoms with E-state index in [1.54, 1.807) is 6.07 Å². The van der Waals surface area contributed by atoms with E-state index in [4.69, 9.17) is 9.31 Å². The van der Waals surface area contributed by atoms with Crippen molar-refractivity contribution in [2.75, 3.05) is 6.26 Å². The molecule has 2 rings (SSSR count). The molecule has 0 radical (unpaired) electrons. The number of sulfone groups is 1. The fraction of sp³-hybridized carbons (Fsp3) is 0.583. The average Bonchev–Trinajstić information content (AvgIpc) is 2.47. The SMILES string of the molecule is CC1(C)OB(c2ccncc2S(C)(=O)=O)OC1(C)C. The second-order valence-electron chi connectivity index (χ2n) is 5.77. The van der Waals surface area contributed by atoms with E-state index >= 15 is 0 Å². The van der Waals surface area contributed by atoms with Crippen LogP contribution < -0.4 is 5.46 Å². The van der Waals surface area contributed by atoms with Gasteiger partial charge in [0, 0.05) is 24.1 Å². The van der Waals surface area contributed by atoms with E-state index in [1.165, 1.54) is 12.4 Å². The lowest BCUT2D eigenvalue weighted by molar-refractivity contribution is 0.00578. The monoisotopic (exact) mass is 283 g/mol. The normalized spacial score (nSPS) is 21.6. The smallest absolute Gasteiger partial charge is 0.399 e. The number of nitrogens with zero attached hydrogens (tertiary/aromatic N) is 1. The minimum Gasteiger partial charge on any atom is -0.399 e. The van der Waals surface area contributed by atoms with E-state index in [9.17, 15) is 8.42 Å². The van der Waals surface area contributed by atoms with Crippen molar-refractivity contribution in [3.63, 3.8) is 0 Å². The summed E-state index contributed by atoms with van der Waals surface area (Å²) in [5.41, 5.74) is -0.512. The molecule has 0 atom stereocenters. The van der Waals surface area contributed by atoms with Gasteiger partial charge in [0.2, 0.25) is 0 Å². The van der Waals surface area contributed by atoms with Crippen LogP contribution in [0.3, 0.4) is 0 Å². The molecule has 19 heavy (non-hydrogen) atoms. The van der Waals surface area contributed by atoms with Crippen molar-refractivity contribution < 1.29 is 17.7 Å². The molecule has 1 aromatic rings. The lowest BCUT2D eigenvalue weighted by atomic mass is 9.80. The van der Waals surface area contributed by atoms with Crippen LogP contribution in [0.15, 0.2) is 23.4 Å². The third-order valence-corrected chi connectivity index (χ3v) is 4.86. The molecule has 0 N–H and O–H groups in total. The predicted molar refractivity (Wildman–Crippen MR) is 73.1 cm³/mol. The molecule has 104 valence electrons. The van der Waals surface area contributed by atoms with Gasteiger partial charge in [0.15, 0.2) is 9.84 Å². The average molecular weight is 283 g/mol. The van der Waals surface area contributed by atoms with Gasteiger partial charge in [-0.3, -0.25) is 4.98 Å². The van der Waals surface area contributed by atoms with Crippen molar-refractivity contribution in [2.24, 2.45) is 0 Å². The minimum atomic E-state index is -3.37. The third-order valence-electron chi connectivity index (χ3n) is 3.72. The highest BCUT2D eigenvalue weighted by molar-refractivity contribution is 7.91. The first-order valence-electron chi connectivity index (χ1n) is 6.04. The van der Waals surface area contributed by atoms with Crippen molar-refractivity contribution in [1.29, 1.82) is 0 Å². The molecular weight excluding hydrogens is 265 g/mol. The summed E-state index contributed by atoms with van der Waals surface area (Å²) in [5, 5.41) is 0. The van der Waals surface area contributed by atoms with Crippen LogP contribution >= 0.6 is 0 Å². The van der Waals surface area contributed by atoms with Crippen LogP contribution in [0.5, 0.6) is 0 Å². The highest BCUT2D eigenvalue weighted by atomic mass is 32.2. The molecule has 0 aliphatic carbocycles. The number of hydrogen-bond donors (Lipinski definition) is 0. The molecule has 0 amide bonds. The largest absolute Gasteiger partial charge is 0.496 e. The molecule has 5 nitrogen and oxygen atoms in total. The molecule has 1 aliphatic heterocycles. The molecule has 0 bridgehead atoms. The van der Waals surface area contributed by atoms with Crippen LogP contribution in [0.25, 0.3) is 0 Å². The van der Waals surface area contributed by atoms with E-state index < -0.39 is 28.2 Å². The zero-order chi connectivity index (χ0) is 14.5. The lowest BCUT2D eigenvalue weighted by Gasteiger charge is -2.32. The topological polar surface area (TPSA) is 65.5 Å². The summed E-state index contributed by atoms with van der Waals surface area (Å²) in [5.74, 6) is 0. The van der Waals surface area contributed by atoms with Gasteiger partial charge >= 0.3 is 7.12 Å². The van der Waals surface area contributed by atoms with Gasteiger partial charge in [-0.05, 0) is 33.8 Å². The molecule has 7 heteroatoms. The standard InChI is InChI=1S/C12H18BNO4S/c1-11(2)12(3,4)18-13(17-11)9-6-7-14-8-10(9)19(5,15)16/h6-8H,1-5H3. The van der Waals surface area contributed by atoms with Crippen LogP contribution in [0.2, 0.25) is 0 Å². The van der Waals surface area contributed by atoms with E-state index in [1.807, 2.05) is 27.7 Å². The van der Waals surface area contributed by atoms with Gasteiger partial charge in [-0.15, -0.1) is 0 Å². The Labute approximate surface area is 114 Å². The Morgan fingerprint density at radius 3 is 2.16 bits per heavy atom. The molecule has 1 fully saturated rings. The maximum Gasteiger partial charge on any atom is 0.496 e. The van der Waals surface area contributed by atoms with Crippen molar-refractivity contribution in [1.82, 2.24) is 4.98 Å². The van der Waals surface area contributed by atoms with Crippen LogP contribution in [0, 0.1) is 0 Å². The predicted octanol–water partition coefficient (Wildman–Crippen LogP) is 0.784. The molecule has 1 saturated heterocycles. The second kappa shape index (κ2) is 4.29. The first-order chi connectivity index (χ1) is 8.55. The summed E-state index contributed by atoms with van der Waals surface area (Å²) >= 11 is 0. The Balaban J connectivity index is 2.47. The van der Waals surface area contributed by atoms with Gasteiger partial charge in [0.25, 0.3) is 0 Å². The summed E-state index contributed by atoms with van der Waals surface area (Å²) in [4.78, 5) is 4.01. The van der Waals surface area contributed by atoms with E-state index in [0.29, 0.717) is 5.46 Å². The van der Waals surface area contributed by atoms with E-state index in [2.05, 4.69) is 4.98 Å². The molecule has 0 saturated carbocycles. The first-order valence-corrected chi connectivity index (χ1v) is 7.93. The summed E-state index contributed by atoms with van der Waals surface area (Å²) in [6.45, 7) is 7.70. The van der Waals surface area contributed by atoms with Gasteiger partial charge in [-0.2, -0.15) is 0 Å². The lowest BCUT2D eigenvalue weighted by Crippen LogP contribution is -2.41. The Kier molecular flexibility index (Phi) is 3.28. The molecule has 1 aliphatic rings. The van der Waals surface area contributed by atoms with Gasteiger partial charge in [-0.1, -0.05) is 0 Å². The number of hydrogen-bond acceptors (Lipinski definition) is 5. The number of aromatic nitrogens is 1. The Morgan fingerprint density at radius 1 is 1.16 bits per heavy atom. The maximum atomic E-state index is 11.8. The summed E-state index contributed by atoms with van der Waals surface area (Å²) < 4.78 is 35.3. The van der Waals surface area contributed by atoms with Crippen LogP contribution in [-0.2, 0) is 19.1 Å². The highest BCUT2D eigenvalue weighted by Gasteiger charge is 2.52. The highest BCUT2D eigenvalue weighted by Crippen LogP contribution is 2.36. The van der Waals surface area contributed by atoms with Gasteiger partial charge < -0.3 is 9.31 Å². The van der Waals surface area contributed by atoms with Gasteiger partial charge in [-0.25, -0.2) is 8.42 Å². The van der Waals surface area contributed by atoms with E-state index in [-0.39, 0.29) is 4.90 Å². The summed E-state index contributed by atoms with van der Waals surface area (Å²) in [6, 6.07) is 1.62.